The van der Waals surface area contributed by atoms with E-state index in [2.05, 4.69) is 65.4 Å². The minimum absolute atomic E-state index is 0.0541. The maximum absolute atomic E-state index is 12.7. The lowest BCUT2D eigenvalue weighted by Crippen LogP contribution is -2.41. The zero-order valence-corrected chi connectivity index (χ0v) is 18.2. The summed E-state index contributed by atoms with van der Waals surface area (Å²) in [5.74, 6) is 0. The Kier molecular flexibility index (Phi) is 7.04. The van der Waals surface area contributed by atoms with Crippen molar-refractivity contribution in [2.45, 2.75) is 40.2 Å². The number of hydrogen-bond donors (Lipinski definition) is 2. The van der Waals surface area contributed by atoms with Gasteiger partial charge in [0.15, 0.2) is 5.11 Å². The van der Waals surface area contributed by atoms with Crippen LogP contribution in [0.2, 0.25) is 0 Å². The van der Waals surface area contributed by atoms with Gasteiger partial charge in [-0.3, -0.25) is 4.79 Å². The Labute approximate surface area is 178 Å². The van der Waals surface area contributed by atoms with E-state index in [1.165, 1.54) is 16.7 Å². The number of fused-ring (bicyclic) bond motifs is 1. The van der Waals surface area contributed by atoms with Gasteiger partial charge >= 0.3 is 0 Å². The van der Waals surface area contributed by atoms with Crippen molar-refractivity contribution >= 4 is 28.2 Å². The van der Waals surface area contributed by atoms with Crippen LogP contribution in [0.5, 0.6) is 0 Å². The maximum Gasteiger partial charge on any atom is 0.253 e. The highest BCUT2D eigenvalue weighted by Gasteiger charge is 2.13. The number of rotatable bonds is 7. The van der Waals surface area contributed by atoms with Gasteiger partial charge in [-0.1, -0.05) is 42.8 Å². The van der Waals surface area contributed by atoms with Crippen LogP contribution in [0.4, 0.5) is 0 Å². The topological polar surface area (TPSA) is 48.1 Å². The van der Waals surface area contributed by atoms with Gasteiger partial charge in [-0.25, -0.2) is 0 Å². The van der Waals surface area contributed by atoms with E-state index >= 15 is 0 Å². The van der Waals surface area contributed by atoms with Crippen molar-refractivity contribution in [2.75, 3.05) is 13.1 Å². The van der Waals surface area contributed by atoms with E-state index in [4.69, 9.17) is 12.2 Å². The summed E-state index contributed by atoms with van der Waals surface area (Å²) in [5, 5.41) is 4.98. The van der Waals surface area contributed by atoms with E-state index in [9.17, 15) is 4.79 Å². The normalized spacial score (nSPS) is 10.9. The number of pyridine rings is 1. The Balaban J connectivity index is 1.85. The van der Waals surface area contributed by atoms with Crippen molar-refractivity contribution in [1.29, 1.82) is 0 Å². The zero-order chi connectivity index (χ0) is 20.8. The van der Waals surface area contributed by atoms with Gasteiger partial charge in [-0.15, -0.1) is 0 Å². The number of H-pyrrole nitrogens is 1. The van der Waals surface area contributed by atoms with Crippen molar-refractivity contribution in [3.05, 3.63) is 81.1 Å². The van der Waals surface area contributed by atoms with Crippen LogP contribution in [0.25, 0.3) is 10.9 Å². The molecule has 0 atom stereocenters. The molecule has 0 fully saturated rings. The predicted molar refractivity (Wildman–Crippen MR) is 126 cm³/mol. The average Bonchev–Trinajstić information content (AvgIpc) is 2.71. The molecule has 2 N–H and O–H groups in total. The van der Waals surface area contributed by atoms with Crippen LogP contribution < -0.4 is 10.9 Å². The molecule has 0 unspecified atom stereocenters. The van der Waals surface area contributed by atoms with Crippen molar-refractivity contribution in [3.8, 4) is 0 Å². The summed E-state index contributed by atoms with van der Waals surface area (Å²) in [5.41, 5.74) is 5.33. The maximum atomic E-state index is 12.7. The molecule has 0 amide bonds. The molecule has 3 rings (SSSR count). The molecular formula is C24H29N3OS. The first-order valence-electron chi connectivity index (χ1n) is 10.2. The predicted octanol–water partition coefficient (Wildman–Crippen LogP) is 4.34. The molecule has 1 heterocycles. The molecule has 5 heteroatoms. The number of nitrogens with zero attached hydrogens (tertiary/aromatic N) is 1. The smallest absolute Gasteiger partial charge is 0.253 e. The Hall–Kier alpha value is -2.66. The molecule has 29 heavy (non-hydrogen) atoms. The van der Waals surface area contributed by atoms with Crippen LogP contribution in [-0.2, 0) is 19.4 Å². The molecule has 152 valence electrons. The fourth-order valence-corrected chi connectivity index (χ4v) is 3.79. The van der Waals surface area contributed by atoms with Crippen LogP contribution in [0.3, 0.4) is 0 Å². The molecule has 2 aromatic carbocycles. The largest absolute Gasteiger partial charge is 0.363 e. The summed E-state index contributed by atoms with van der Waals surface area (Å²) in [6.45, 7) is 8.26. The molecule has 0 saturated heterocycles. The molecular weight excluding hydrogens is 378 g/mol. The SMILES string of the molecule is CCNC(=S)N(CCc1cccc(C)c1)Cc1cc2cc(CC)ccc2[nH]c1=O. The van der Waals surface area contributed by atoms with Gasteiger partial charge < -0.3 is 15.2 Å². The number of nitrogens with one attached hydrogen (secondary N) is 2. The summed E-state index contributed by atoms with van der Waals surface area (Å²) in [6.07, 6.45) is 1.84. The number of thiocarbonyl (C=S) groups is 1. The van der Waals surface area contributed by atoms with Gasteiger partial charge in [-0.2, -0.15) is 0 Å². The second-order valence-electron chi connectivity index (χ2n) is 7.39. The molecule has 0 radical (unpaired) electrons. The van der Waals surface area contributed by atoms with Crippen molar-refractivity contribution in [3.63, 3.8) is 0 Å². The molecule has 0 aliphatic rings. The number of aromatic nitrogens is 1. The Morgan fingerprint density at radius 3 is 2.66 bits per heavy atom. The summed E-state index contributed by atoms with van der Waals surface area (Å²) >= 11 is 5.60. The molecule has 0 bridgehead atoms. The highest BCUT2D eigenvalue weighted by Crippen LogP contribution is 2.16. The first-order chi connectivity index (χ1) is 14.0. The molecule has 0 aliphatic heterocycles. The molecule has 0 saturated carbocycles. The second kappa shape index (κ2) is 9.70. The zero-order valence-electron chi connectivity index (χ0n) is 17.4. The third-order valence-corrected chi connectivity index (χ3v) is 5.53. The van der Waals surface area contributed by atoms with E-state index in [-0.39, 0.29) is 5.56 Å². The third-order valence-electron chi connectivity index (χ3n) is 5.12. The van der Waals surface area contributed by atoms with Gasteiger partial charge in [-0.05, 0) is 73.6 Å². The summed E-state index contributed by atoms with van der Waals surface area (Å²) in [6, 6.07) is 16.7. The molecule has 4 nitrogen and oxygen atoms in total. The Morgan fingerprint density at radius 1 is 1.10 bits per heavy atom. The van der Waals surface area contributed by atoms with Gasteiger partial charge in [0, 0.05) is 24.2 Å². The number of hydrogen-bond acceptors (Lipinski definition) is 2. The van der Waals surface area contributed by atoms with Crippen molar-refractivity contribution < 1.29 is 0 Å². The summed E-state index contributed by atoms with van der Waals surface area (Å²) in [7, 11) is 0. The van der Waals surface area contributed by atoms with Crippen molar-refractivity contribution in [1.82, 2.24) is 15.2 Å². The van der Waals surface area contributed by atoms with Gasteiger partial charge in [0.2, 0.25) is 0 Å². The van der Waals surface area contributed by atoms with Crippen LogP contribution >= 0.6 is 12.2 Å². The first-order valence-corrected chi connectivity index (χ1v) is 10.6. The van der Waals surface area contributed by atoms with E-state index in [0.717, 1.165) is 42.4 Å². The van der Waals surface area contributed by atoms with Gasteiger partial charge in [0.25, 0.3) is 5.56 Å². The van der Waals surface area contributed by atoms with E-state index in [1.54, 1.807) is 0 Å². The first kappa shape index (κ1) is 21.1. The number of benzene rings is 2. The van der Waals surface area contributed by atoms with E-state index in [1.807, 2.05) is 19.1 Å². The van der Waals surface area contributed by atoms with Crippen LogP contribution in [-0.4, -0.2) is 28.1 Å². The fraction of sp³-hybridized carbons (Fsp3) is 0.333. The van der Waals surface area contributed by atoms with Gasteiger partial charge in [0.05, 0.1) is 6.54 Å². The average molecular weight is 408 g/mol. The number of aromatic amines is 1. The fourth-order valence-electron chi connectivity index (χ4n) is 3.49. The standard InChI is InChI=1S/C24H29N3OS/c1-4-18-9-10-22-20(14-18)15-21(23(28)26-22)16-27(24(29)25-5-2)12-11-19-8-6-7-17(3)13-19/h6-10,13-15H,4-5,11-12,16H2,1-3H3,(H,25,29)(H,26,28). The monoisotopic (exact) mass is 407 g/mol. The minimum Gasteiger partial charge on any atom is -0.363 e. The minimum atomic E-state index is -0.0541. The number of aryl methyl sites for hydroxylation is 2. The Bertz CT molecular complexity index is 1060. The van der Waals surface area contributed by atoms with Crippen LogP contribution in [0.1, 0.15) is 36.1 Å². The molecule has 1 aromatic heterocycles. The molecule has 0 spiro atoms. The summed E-state index contributed by atoms with van der Waals surface area (Å²) in [4.78, 5) is 17.8. The lowest BCUT2D eigenvalue weighted by Gasteiger charge is -2.25. The quantitative estimate of drug-likeness (QED) is 0.572. The van der Waals surface area contributed by atoms with E-state index in [0.29, 0.717) is 11.7 Å². The highest BCUT2D eigenvalue weighted by atomic mass is 32.1. The van der Waals surface area contributed by atoms with Crippen LogP contribution in [0.15, 0.2) is 53.3 Å². The highest BCUT2D eigenvalue weighted by molar-refractivity contribution is 7.80. The summed E-state index contributed by atoms with van der Waals surface area (Å²) < 4.78 is 0. The molecule has 3 aromatic rings. The lowest BCUT2D eigenvalue weighted by atomic mass is 10.1. The van der Waals surface area contributed by atoms with E-state index < -0.39 is 0 Å². The molecule has 0 aliphatic carbocycles. The Morgan fingerprint density at radius 2 is 1.93 bits per heavy atom. The van der Waals surface area contributed by atoms with Crippen LogP contribution in [0, 0.1) is 6.92 Å². The lowest BCUT2D eigenvalue weighted by molar-refractivity contribution is 0.409. The van der Waals surface area contributed by atoms with Gasteiger partial charge in [0.1, 0.15) is 0 Å². The second-order valence-corrected chi connectivity index (χ2v) is 7.78. The van der Waals surface area contributed by atoms with Crippen molar-refractivity contribution in [2.24, 2.45) is 0 Å². The third kappa shape index (κ3) is 5.45.